The van der Waals surface area contributed by atoms with E-state index in [1.54, 1.807) is 24.3 Å². The summed E-state index contributed by atoms with van der Waals surface area (Å²) in [6.45, 7) is 3.80. The molecule has 110 valence electrons. The smallest absolute Gasteiger partial charge is 0.326 e. The lowest BCUT2D eigenvalue weighted by Gasteiger charge is -2.17. The fraction of sp³-hybridized carbons (Fsp3) is 0.429. The Balaban J connectivity index is 2.63. The van der Waals surface area contributed by atoms with Gasteiger partial charge in [-0.2, -0.15) is 0 Å². The minimum atomic E-state index is -1.04. The highest BCUT2D eigenvalue weighted by Gasteiger charge is 2.20. The lowest BCUT2D eigenvalue weighted by atomic mass is 10.0. The largest absolute Gasteiger partial charge is 0.497 e. The van der Waals surface area contributed by atoms with Crippen molar-refractivity contribution in [3.05, 3.63) is 24.3 Å². The van der Waals surface area contributed by atoms with E-state index in [1.807, 2.05) is 13.8 Å². The van der Waals surface area contributed by atoms with Crippen LogP contribution in [0, 0.1) is 5.92 Å². The van der Waals surface area contributed by atoms with E-state index in [2.05, 4.69) is 10.6 Å². The van der Waals surface area contributed by atoms with Gasteiger partial charge in [0.2, 0.25) is 0 Å². The molecule has 0 fully saturated rings. The molecule has 0 aliphatic rings. The molecular formula is C14H20N2O4. The van der Waals surface area contributed by atoms with Crippen molar-refractivity contribution in [3.8, 4) is 5.75 Å². The van der Waals surface area contributed by atoms with E-state index in [0.717, 1.165) is 0 Å². The van der Waals surface area contributed by atoms with E-state index in [9.17, 15) is 9.59 Å². The first-order valence-corrected chi connectivity index (χ1v) is 6.36. The maximum Gasteiger partial charge on any atom is 0.326 e. The molecule has 0 spiro atoms. The summed E-state index contributed by atoms with van der Waals surface area (Å²) in [7, 11) is 1.53. The minimum Gasteiger partial charge on any atom is -0.497 e. The van der Waals surface area contributed by atoms with E-state index in [1.165, 1.54) is 7.11 Å². The van der Waals surface area contributed by atoms with Crippen molar-refractivity contribution >= 4 is 17.7 Å². The molecule has 1 aromatic carbocycles. The van der Waals surface area contributed by atoms with Crippen LogP contribution >= 0.6 is 0 Å². The maximum atomic E-state index is 11.8. The number of urea groups is 1. The molecule has 2 amide bonds. The summed E-state index contributed by atoms with van der Waals surface area (Å²) in [4.78, 5) is 22.8. The number of carbonyl (C=O) groups is 2. The molecule has 0 saturated carbocycles. The first-order valence-electron chi connectivity index (χ1n) is 6.36. The summed E-state index contributed by atoms with van der Waals surface area (Å²) >= 11 is 0. The number of amides is 2. The molecule has 1 aromatic rings. The number of carboxylic acid groups (broad SMARTS) is 1. The number of carbonyl (C=O) groups excluding carboxylic acids is 1. The van der Waals surface area contributed by atoms with Crippen LogP contribution in [-0.2, 0) is 4.79 Å². The zero-order chi connectivity index (χ0) is 15.1. The predicted molar refractivity (Wildman–Crippen MR) is 76.0 cm³/mol. The number of benzene rings is 1. The number of nitrogens with one attached hydrogen (secondary N) is 2. The number of aliphatic carboxylic acids is 1. The second-order valence-corrected chi connectivity index (χ2v) is 4.85. The highest BCUT2D eigenvalue weighted by atomic mass is 16.5. The number of hydrogen-bond donors (Lipinski definition) is 3. The Morgan fingerprint density at radius 1 is 1.35 bits per heavy atom. The molecule has 0 radical (unpaired) electrons. The fourth-order valence-electron chi connectivity index (χ4n) is 1.72. The number of ether oxygens (including phenoxy) is 1. The molecule has 20 heavy (non-hydrogen) atoms. The van der Waals surface area contributed by atoms with E-state index in [4.69, 9.17) is 9.84 Å². The second-order valence-electron chi connectivity index (χ2n) is 4.85. The van der Waals surface area contributed by atoms with E-state index in [-0.39, 0.29) is 5.92 Å². The van der Waals surface area contributed by atoms with Gasteiger partial charge >= 0.3 is 12.0 Å². The molecule has 1 rings (SSSR count). The Kier molecular flexibility index (Phi) is 5.83. The summed E-state index contributed by atoms with van der Waals surface area (Å²) < 4.78 is 5.04. The van der Waals surface area contributed by atoms with Gasteiger partial charge in [0, 0.05) is 11.8 Å². The fourth-order valence-corrected chi connectivity index (χ4v) is 1.72. The average molecular weight is 280 g/mol. The molecule has 1 atom stereocenters. The van der Waals surface area contributed by atoms with Crippen LogP contribution in [0.4, 0.5) is 10.5 Å². The van der Waals surface area contributed by atoms with Crippen molar-refractivity contribution in [2.75, 3.05) is 12.4 Å². The zero-order valence-electron chi connectivity index (χ0n) is 11.8. The van der Waals surface area contributed by atoms with Crippen molar-refractivity contribution in [3.63, 3.8) is 0 Å². The first kappa shape index (κ1) is 15.8. The number of methoxy groups -OCH3 is 1. The lowest BCUT2D eigenvalue weighted by Crippen LogP contribution is -2.43. The van der Waals surface area contributed by atoms with Gasteiger partial charge in [-0.1, -0.05) is 19.9 Å². The standard InChI is InChI=1S/C14H20N2O4/c1-9(2)7-12(13(17)18)16-14(19)15-10-5-4-6-11(8-10)20-3/h4-6,8-9,12H,7H2,1-3H3,(H,17,18)(H2,15,16,19)/t12-/m1/s1. The van der Waals surface area contributed by atoms with Gasteiger partial charge in [0.15, 0.2) is 0 Å². The van der Waals surface area contributed by atoms with Crippen molar-refractivity contribution in [1.82, 2.24) is 5.32 Å². The van der Waals surface area contributed by atoms with Gasteiger partial charge in [-0.05, 0) is 24.5 Å². The van der Waals surface area contributed by atoms with Crippen molar-refractivity contribution in [2.45, 2.75) is 26.3 Å². The molecule has 6 heteroatoms. The van der Waals surface area contributed by atoms with Gasteiger partial charge in [0.05, 0.1) is 7.11 Å². The Hall–Kier alpha value is -2.24. The summed E-state index contributed by atoms with van der Waals surface area (Å²) in [5.74, 6) is -0.257. The summed E-state index contributed by atoms with van der Waals surface area (Å²) in [6, 6.07) is 5.38. The second kappa shape index (κ2) is 7.37. The molecule has 0 aromatic heterocycles. The summed E-state index contributed by atoms with van der Waals surface area (Å²) in [6.07, 6.45) is 0.376. The van der Waals surface area contributed by atoms with Gasteiger partial charge in [-0.15, -0.1) is 0 Å². The van der Waals surface area contributed by atoms with Gasteiger partial charge < -0.3 is 20.5 Å². The van der Waals surface area contributed by atoms with Crippen LogP contribution in [0.15, 0.2) is 24.3 Å². The number of hydrogen-bond acceptors (Lipinski definition) is 3. The highest BCUT2D eigenvalue weighted by Crippen LogP contribution is 2.16. The maximum absolute atomic E-state index is 11.8. The predicted octanol–water partition coefficient (Wildman–Crippen LogP) is 2.32. The number of carboxylic acids is 1. The molecule has 3 N–H and O–H groups in total. The third kappa shape index (κ3) is 5.17. The average Bonchev–Trinajstić information content (AvgIpc) is 2.37. The molecule has 0 heterocycles. The number of anilines is 1. The van der Waals surface area contributed by atoms with Crippen molar-refractivity contribution < 1.29 is 19.4 Å². The summed E-state index contributed by atoms with van der Waals surface area (Å²) in [5, 5.41) is 14.1. The lowest BCUT2D eigenvalue weighted by molar-refractivity contribution is -0.139. The Bertz CT molecular complexity index is 474. The topological polar surface area (TPSA) is 87.7 Å². The molecule has 0 saturated heterocycles. The van der Waals surface area contributed by atoms with E-state index < -0.39 is 18.0 Å². The third-order valence-electron chi connectivity index (χ3n) is 2.64. The zero-order valence-corrected chi connectivity index (χ0v) is 11.8. The van der Waals surface area contributed by atoms with Crippen LogP contribution in [-0.4, -0.2) is 30.3 Å². The van der Waals surface area contributed by atoms with Crippen LogP contribution < -0.4 is 15.4 Å². The van der Waals surface area contributed by atoms with Gasteiger partial charge in [0.1, 0.15) is 11.8 Å². The Labute approximate surface area is 118 Å². The van der Waals surface area contributed by atoms with E-state index in [0.29, 0.717) is 17.9 Å². The monoisotopic (exact) mass is 280 g/mol. The minimum absolute atomic E-state index is 0.174. The molecule has 6 nitrogen and oxygen atoms in total. The van der Waals surface area contributed by atoms with Crippen LogP contribution in [0.2, 0.25) is 0 Å². The van der Waals surface area contributed by atoms with Gasteiger partial charge in [-0.25, -0.2) is 9.59 Å². The van der Waals surface area contributed by atoms with Gasteiger partial charge in [0.25, 0.3) is 0 Å². The molecule has 0 bridgehead atoms. The van der Waals surface area contributed by atoms with Crippen LogP contribution in [0.1, 0.15) is 20.3 Å². The highest BCUT2D eigenvalue weighted by molar-refractivity contribution is 5.92. The third-order valence-corrected chi connectivity index (χ3v) is 2.64. The number of rotatable bonds is 6. The molecule has 0 unspecified atom stereocenters. The van der Waals surface area contributed by atoms with Crippen LogP contribution in [0.3, 0.4) is 0 Å². The first-order chi connectivity index (χ1) is 9.42. The Morgan fingerprint density at radius 3 is 2.60 bits per heavy atom. The van der Waals surface area contributed by atoms with Crippen molar-refractivity contribution in [2.24, 2.45) is 5.92 Å². The van der Waals surface area contributed by atoms with E-state index >= 15 is 0 Å². The SMILES string of the molecule is COc1cccc(NC(=O)N[C@H](CC(C)C)C(=O)O)c1. The quantitative estimate of drug-likeness (QED) is 0.746. The van der Waals surface area contributed by atoms with Crippen LogP contribution in [0.25, 0.3) is 0 Å². The molecule has 0 aliphatic heterocycles. The van der Waals surface area contributed by atoms with Gasteiger partial charge in [-0.3, -0.25) is 0 Å². The normalized spacial score (nSPS) is 11.8. The molecular weight excluding hydrogens is 260 g/mol. The van der Waals surface area contributed by atoms with Crippen molar-refractivity contribution in [1.29, 1.82) is 0 Å². The van der Waals surface area contributed by atoms with Crippen LogP contribution in [0.5, 0.6) is 5.75 Å². The molecule has 0 aliphatic carbocycles. The Morgan fingerprint density at radius 2 is 2.05 bits per heavy atom. The summed E-state index contributed by atoms with van der Waals surface area (Å²) in [5.41, 5.74) is 0.538.